The van der Waals surface area contributed by atoms with Gasteiger partial charge in [0.2, 0.25) is 0 Å². The molecular weight excluding hydrogens is 480 g/mol. The zero-order chi connectivity index (χ0) is 25.8. The molecule has 2 aromatic carbocycles. The second-order valence-electron chi connectivity index (χ2n) is 9.47. The molecule has 2 heterocycles. The van der Waals surface area contributed by atoms with Gasteiger partial charge in [-0.1, -0.05) is 49.7 Å². The maximum atomic E-state index is 13.3. The first-order valence-corrected chi connectivity index (χ1v) is 12.7. The molecule has 0 bridgehead atoms. The molecule has 1 atom stereocenters. The van der Waals surface area contributed by atoms with E-state index in [2.05, 4.69) is 18.7 Å². The summed E-state index contributed by atoms with van der Waals surface area (Å²) in [6, 6.07) is 12.0. The molecule has 192 valence electrons. The van der Waals surface area contributed by atoms with Crippen LogP contribution in [0.4, 0.5) is 0 Å². The van der Waals surface area contributed by atoms with Crippen molar-refractivity contribution in [3.05, 3.63) is 69.8 Å². The number of aliphatic hydroxyl groups is 1. The van der Waals surface area contributed by atoms with Gasteiger partial charge in [0.1, 0.15) is 11.5 Å². The number of morpholine rings is 1. The summed E-state index contributed by atoms with van der Waals surface area (Å²) in [5, 5.41) is 11.6. The van der Waals surface area contributed by atoms with Gasteiger partial charge in [-0.25, -0.2) is 0 Å². The van der Waals surface area contributed by atoms with Crippen molar-refractivity contribution < 1.29 is 24.2 Å². The minimum atomic E-state index is -0.691. The van der Waals surface area contributed by atoms with Crippen molar-refractivity contribution in [2.75, 3.05) is 46.5 Å². The number of likely N-dealkylation sites (tertiary alicyclic amines) is 1. The van der Waals surface area contributed by atoms with E-state index in [1.807, 2.05) is 24.3 Å². The summed E-state index contributed by atoms with van der Waals surface area (Å²) >= 11 is 6.28. The van der Waals surface area contributed by atoms with E-state index in [1.165, 1.54) is 7.11 Å². The second kappa shape index (κ2) is 11.5. The lowest BCUT2D eigenvalue weighted by molar-refractivity contribution is -0.140. The van der Waals surface area contributed by atoms with Crippen molar-refractivity contribution in [2.45, 2.75) is 32.2 Å². The molecule has 7 nitrogen and oxygen atoms in total. The number of halogens is 1. The number of ketones is 1. The lowest BCUT2D eigenvalue weighted by Crippen LogP contribution is -2.38. The van der Waals surface area contributed by atoms with Crippen molar-refractivity contribution >= 4 is 29.1 Å². The number of benzene rings is 2. The lowest BCUT2D eigenvalue weighted by atomic mass is 9.93. The van der Waals surface area contributed by atoms with E-state index in [-0.39, 0.29) is 11.3 Å². The van der Waals surface area contributed by atoms with Crippen LogP contribution in [0, 0.1) is 0 Å². The molecule has 0 saturated carbocycles. The molecule has 4 rings (SSSR count). The molecule has 0 radical (unpaired) electrons. The van der Waals surface area contributed by atoms with Crippen LogP contribution in [0.15, 0.2) is 48.0 Å². The summed E-state index contributed by atoms with van der Waals surface area (Å²) < 4.78 is 10.6. The van der Waals surface area contributed by atoms with E-state index < -0.39 is 17.7 Å². The number of rotatable bonds is 8. The molecule has 0 aromatic heterocycles. The average Bonchev–Trinajstić information content (AvgIpc) is 3.14. The zero-order valence-corrected chi connectivity index (χ0v) is 21.8. The van der Waals surface area contributed by atoms with Gasteiger partial charge in [0, 0.05) is 31.7 Å². The van der Waals surface area contributed by atoms with Crippen LogP contribution in [0.3, 0.4) is 0 Å². The van der Waals surface area contributed by atoms with Gasteiger partial charge < -0.3 is 19.5 Å². The first-order valence-electron chi connectivity index (χ1n) is 12.3. The summed E-state index contributed by atoms with van der Waals surface area (Å²) in [6.07, 6.45) is 0.710. The SMILES string of the molecule is COc1ccc(/C(O)=C2\C(=O)C(=O)N(CCCN3CCOCC3)C2c2ccc(C(C)C)cc2)cc1Cl. The number of amides is 1. The van der Waals surface area contributed by atoms with Crippen LogP contribution in [-0.2, 0) is 14.3 Å². The minimum Gasteiger partial charge on any atom is -0.507 e. The number of hydrogen-bond donors (Lipinski definition) is 1. The third kappa shape index (κ3) is 5.43. The maximum Gasteiger partial charge on any atom is 0.295 e. The topological polar surface area (TPSA) is 79.3 Å². The fraction of sp³-hybridized carbons (Fsp3) is 0.429. The highest BCUT2D eigenvalue weighted by atomic mass is 35.5. The van der Waals surface area contributed by atoms with E-state index >= 15 is 0 Å². The van der Waals surface area contributed by atoms with Gasteiger partial charge in [-0.05, 0) is 41.7 Å². The highest BCUT2D eigenvalue weighted by Crippen LogP contribution is 2.40. The number of nitrogens with zero attached hydrogens (tertiary/aromatic N) is 2. The van der Waals surface area contributed by atoms with Crippen LogP contribution in [0.25, 0.3) is 5.76 Å². The Labute approximate surface area is 217 Å². The Morgan fingerprint density at radius 2 is 1.81 bits per heavy atom. The van der Waals surface area contributed by atoms with Gasteiger partial charge in [-0.15, -0.1) is 0 Å². The third-order valence-corrected chi connectivity index (χ3v) is 7.16. The van der Waals surface area contributed by atoms with Crippen LogP contribution >= 0.6 is 11.6 Å². The molecule has 2 aliphatic heterocycles. The number of ether oxygens (including phenoxy) is 2. The quantitative estimate of drug-likeness (QED) is 0.316. The van der Waals surface area contributed by atoms with Crippen molar-refractivity contribution in [2.24, 2.45) is 0 Å². The standard InChI is InChI=1S/C28H33ClN2O5/c1-18(2)19-5-7-20(8-6-19)25-24(26(32)21-9-10-23(35-3)22(29)17-21)27(33)28(34)31(25)12-4-11-30-13-15-36-16-14-30/h5-10,17-18,25,32H,4,11-16H2,1-3H3/b26-24+. The summed E-state index contributed by atoms with van der Waals surface area (Å²) in [4.78, 5) is 30.4. The van der Waals surface area contributed by atoms with E-state index in [4.69, 9.17) is 21.1 Å². The molecule has 2 saturated heterocycles. The number of methoxy groups -OCH3 is 1. The molecule has 0 spiro atoms. The highest BCUT2D eigenvalue weighted by molar-refractivity contribution is 6.46. The van der Waals surface area contributed by atoms with Gasteiger partial charge >= 0.3 is 0 Å². The third-order valence-electron chi connectivity index (χ3n) is 6.86. The van der Waals surface area contributed by atoms with E-state index in [0.29, 0.717) is 48.4 Å². The van der Waals surface area contributed by atoms with Crippen molar-refractivity contribution in [1.82, 2.24) is 9.80 Å². The Morgan fingerprint density at radius 3 is 2.42 bits per heavy atom. The Morgan fingerprint density at radius 1 is 1.11 bits per heavy atom. The largest absolute Gasteiger partial charge is 0.507 e. The van der Waals surface area contributed by atoms with Crippen LogP contribution in [0.2, 0.25) is 5.02 Å². The average molecular weight is 513 g/mol. The maximum absolute atomic E-state index is 13.3. The Bertz CT molecular complexity index is 1140. The molecule has 0 aliphatic carbocycles. The van der Waals surface area contributed by atoms with Crippen LogP contribution in [-0.4, -0.2) is 73.1 Å². The van der Waals surface area contributed by atoms with Crippen molar-refractivity contribution in [3.8, 4) is 5.75 Å². The summed E-state index contributed by atoms with van der Waals surface area (Å²) in [5.74, 6) is -0.732. The summed E-state index contributed by atoms with van der Waals surface area (Å²) in [6.45, 7) is 8.56. The second-order valence-corrected chi connectivity index (χ2v) is 9.88. The van der Waals surface area contributed by atoms with Crippen molar-refractivity contribution in [3.63, 3.8) is 0 Å². The molecule has 1 amide bonds. The monoisotopic (exact) mass is 512 g/mol. The Kier molecular flexibility index (Phi) is 8.34. The van der Waals surface area contributed by atoms with Crippen LogP contribution < -0.4 is 4.74 Å². The number of Topliss-reactive ketones (excluding diaryl/α,β-unsaturated/α-hetero) is 1. The normalized spacial score (nSPS) is 20.4. The minimum absolute atomic E-state index is 0.0740. The zero-order valence-electron chi connectivity index (χ0n) is 21.0. The van der Waals surface area contributed by atoms with E-state index in [9.17, 15) is 14.7 Å². The van der Waals surface area contributed by atoms with E-state index in [0.717, 1.165) is 30.8 Å². The van der Waals surface area contributed by atoms with Gasteiger partial charge in [0.05, 0.1) is 37.0 Å². The lowest BCUT2D eigenvalue weighted by Gasteiger charge is -2.29. The molecule has 1 N–H and O–H groups in total. The fourth-order valence-electron chi connectivity index (χ4n) is 4.78. The van der Waals surface area contributed by atoms with Gasteiger partial charge in [0.25, 0.3) is 11.7 Å². The molecule has 2 fully saturated rings. The number of carbonyl (C=O) groups is 2. The van der Waals surface area contributed by atoms with Crippen LogP contribution in [0.5, 0.6) is 5.75 Å². The Hall–Kier alpha value is -2.87. The first-order chi connectivity index (χ1) is 17.3. The van der Waals surface area contributed by atoms with Gasteiger partial charge in [-0.3, -0.25) is 14.5 Å². The predicted octanol–water partition coefficient (Wildman–Crippen LogP) is 4.62. The fourth-order valence-corrected chi connectivity index (χ4v) is 5.04. The molecule has 1 unspecified atom stereocenters. The van der Waals surface area contributed by atoms with Crippen molar-refractivity contribution in [1.29, 1.82) is 0 Å². The molecule has 2 aromatic rings. The molecule has 2 aliphatic rings. The summed E-state index contributed by atoms with van der Waals surface area (Å²) in [5.41, 5.74) is 2.37. The predicted molar refractivity (Wildman–Crippen MR) is 139 cm³/mol. The van der Waals surface area contributed by atoms with Gasteiger partial charge in [0.15, 0.2) is 0 Å². The van der Waals surface area contributed by atoms with E-state index in [1.54, 1.807) is 23.1 Å². The Balaban J connectivity index is 1.70. The number of carbonyl (C=O) groups excluding carboxylic acids is 2. The number of hydrogen-bond acceptors (Lipinski definition) is 6. The number of aliphatic hydroxyl groups excluding tert-OH is 1. The molecule has 36 heavy (non-hydrogen) atoms. The first kappa shape index (κ1) is 26.2. The highest BCUT2D eigenvalue weighted by Gasteiger charge is 2.45. The smallest absolute Gasteiger partial charge is 0.295 e. The summed E-state index contributed by atoms with van der Waals surface area (Å²) in [7, 11) is 1.50. The molecular formula is C28H33ClN2O5. The molecule has 8 heteroatoms. The van der Waals surface area contributed by atoms with Gasteiger partial charge in [-0.2, -0.15) is 0 Å². The van der Waals surface area contributed by atoms with Crippen LogP contribution in [0.1, 0.15) is 48.9 Å².